The molecule has 0 aliphatic heterocycles. The average Bonchev–Trinajstić information content (AvgIpc) is 2.97. The van der Waals surface area contributed by atoms with Gasteiger partial charge in [-0.15, -0.1) is 0 Å². The lowest BCUT2D eigenvalue weighted by Gasteiger charge is -2.32. The molecular formula is C17H27BrN2O. The first kappa shape index (κ1) is 16.8. The van der Waals surface area contributed by atoms with Crippen molar-refractivity contribution in [3.63, 3.8) is 0 Å². The molecule has 1 fully saturated rings. The number of anilines is 1. The Morgan fingerprint density at radius 1 is 1.33 bits per heavy atom. The van der Waals surface area contributed by atoms with Crippen molar-refractivity contribution in [1.82, 2.24) is 5.32 Å². The lowest BCUT2D eigenvalue weighted by molar-refractivity contribution is 0.297. The summed E-state index contributed by atoms with van der Waals surface area (Å²) in [6, 6.07) is 7.54. The molecule has 0 atom stereocenters. The number of hydrogen-bond donors (Lipinski definition) is 2. The largest absolute Gasteiger partial charge is 0.395 e. The van der Waals surface area contributed by atoms with Gasteiger partial charge < -0.3 is 15.3 Å². The Hall–Kier alpha value is -0.580. The normalized spacial score (nSPS) is 15.9. The van der Waals surface area contributed by atoms with Gasteiger partial charge in [-0.3, -0.25) is 0 Å². The number of halogens is 1. The highest BCUT2D eigenvalue weighted by Crippen LogP contribution is 2.31. The molecule has 4 heteroatoms. The summed E-state index contributed by atoms with van der Waals surface area (Å²) in [7, 11) is 0. The maximum Gasteiger partial charge on any atom is 0.0606 e. The second-order valence-electron chi connectivity index (χ2n) is 6.16. The van der Waals surface area contributed by atoms with Crippen LogP contribution in [0.3, 0.4) is 0 Å². The minimum absolute atomic E-state index is 0.212. The minimum atomic E-state index is 0.212. The Morgan fingerprint density at radius 2 is 2.05 bits per heavy atom. The summed E-state index contributed by atoms with van der Waals surface area (Å²) in [6.45, 7) is 6.13. The van der Waals surface area contributed by atoms with Crippen molar-refractivity contribution in [2.24, 2.45) is 0 Å². The Kier molecular flexibility index (Phi) is 6.52. The van der Waals surface area contributed by atoms with Crippen molar-refractivity contribution in [3.05, 3.63) is 28.2 Å². The second kappa shape index (κ2) is 8.16. The maximum absolute atomic E-state index is 9.46. The quantitative estimate of drug-likeness (QED) is 0.783. The molecule has 21 heavy (non-hydrogen) atoms. The van der Waals surface area contributed by atoms with Gasteiger partial charge in [-0.05, 0) is 36.6 Å². The van der Waals surface area contributed by atoms with Crippen LogP contribution in [0.15, 0.2) is 22.7 Å². The lowest BCUT2D eigenvalue weighted by atomic mass is 10.1. The van der Waals surface area contributed by atoms with Gasteiger partial charge in [0.05, 0.1) is 6.61 Å². The van der Waals surface area contributed by atoms with Crippen molar-refractivity contribution in [3.8, 4) is 0 Å². The highest BCUT2D eigenvalue weighted by molar-refractivity contribution is 9.10. The van der Waals surface area contributed by atoms with E-state index in [0.717, 1.165) is 17.6 Å². The number of nitrogens with one attached hydrogen (secondary N) is 1. The van der Waals surface area contributed by atoms with Crippen LogP contribution >= 0.6 is 15.9 Å². The van der Waals surface area contributed by atoms with E-state index in [9.17, 15) is 5.11 Å². The van der Waals surface area contributed by atoms with Crippen LogP contribution in [0.2, 0.25) is 0 Å². The van der Waals surface area contributed by atoms with Crippen LogP contribution in [0.5, 0.6) is 0 Å². The van der Waals surface area contributed by atoms with Gasteiger partial charge >= 0.3 is 0 Å². The zero-order chi connectivity index (χ0) is 15.2. The molecular weight excluding hydrogens is 328 g/mol. The summed E-state index contributed by atoms with van der Waals surface area (Å²) in [6.07, 6.45) is 5.10. The summed E-state index contributed by atoms with van der Waals surface area (Å²) >= 11 is 3.58. The van der Waals surface area contributed by atoms with Gasteiger partial charge in [-0.25, -0.2) is 0 Å². The summed E-state index contributed by atoms with van der Waals surface area (Å²) in [5.74, 6) is 0. The van der Waals surface area contributed by atoms with E-state index in [4.69, 9.17) is 0 Å². The summed E-state index contributed by atoms with van der Waals surface area (Å²) < 4.78 is 1.11. The second-order valence-corrected chi connectivity index (χ2v) is 7.08. The highest BCUT2D eigenvalue weighted by Gasteiger charge is 2.24. The highest BCUT2D eigenvalue weighted by atomic mass is 79.9. The molecule has 1 aromatic rings. The Bertz CT molecular complexity index is 444. The Labute approximate surface area is 136 Å². The molecule has 0 radical (unpaired) electrons. The summed E-state index contributed by atoms with van der Waals surface area (Å²) in [5, 5.41) is 13.0. The molecule has 2 rings (SSSR count). The number of rotatable bonds is 7. The SMILES string of the molecule is CC(C)NCc1cc(Br)ccc1N(CCO)C1CCCC1. The molecule has 1 aliphatic carbocycles. The standard InChI is InChI=1S/C17H27BrN2O/c1-13(2)19-12-14-11-15(18)7-8-17(14)20(9-10-21)16-5-3-4-6-16/h7-8,11,13,16,19,21H,3-6,9-10,12H2,1-2H3. The molecule has 1 saturated carbocycles. The molecule has 1 aromatic carbocycles. The van der Waals surface area contributed by atoms with Crippen LogP contribution < -0.4 is 10.2 Å². The third-order valence-corrected chi connectivity index (χ3v) is 4.65. The van der Waals surface area contributed by atoms with Crippen molar-refractivity contribution in [2.75, 3.05) is 18.1 Å². The molecule has 0 heterocycles. The summed E-state index contributed by atoms with van der Waals surface area (Å²) in [4.78, 5) is 2.41. The number of aliphatic hydroxyl groups excluding tert-OH is 1. The number of aliphatic hydroxyl groups is 1. The van der Waals surface area contributed by atoms with Gasteiger partial charge in [0.1, 0.15) is 0 Å². The molecule has 0 saturated heterocycles. The zero-order valence-electron chi connectivity index (χ0n) is 13.1. The molecule has 0 unspecified atom stereocenters. The molecule has 118 valence electrons. The average molecular weight is 355 g/mol. The zero-order valence-corrected chi connectivity index (χ0v) is 14.7. The van der Waals surface area contributed by atoms with E-state index in [0.29, 0.717) is 12.1 Å². The van der Waals surface area contributed by atoms with Crippen LogP contribution in [0, 0.1) is 0 Å². The van der Waals surface area contributed by atoms with E-state index in [-0.39, 0.29) is 6.61 Å². The van der Waals surface area contributed by atoms with Crippen LogP contribution in [-0.2, 0) is 6.54 Å². The van der Waals surface area contributed by atoms with Crippen molar-refractivity contribution < 1.29 is 5.11 Å². The third-order valence-electron chi connectivity index (χ3n) is 4.16. The van der Waals surface area contributed by atoms with Gasteiger partial charge in [0.15, 0.2) is 0 Å². The Balaban J connectivity index is 2.24. The van der Waals surface area contributed by atoms with E-state index in [2.05, 4.69) is 58.2 Å². The smallest absolute Gasteiger partial charge is 0.0606 e. The van der Waals surface area contributed by atoms with Crippen molar-refractivity contribution in [1.29, 1.82) is 0 Å². The fourth-order valence-electron chi connectivity index (χ4n) is 3.11. The molecule has 1 aliphatic rings. The number of nitrogens with zero attached hydrogens (tertiary/aromatic N) is 1. The van der Waals surface area contributed by atoms with Crippen LogP contribution in [0.1, 0.15) is 45.1 Å². The van der Waals surface area contributed by atoms with E-state index in [1.54, 1.807) is 0 Å². The fourth-order valence-corrected chi connectivity index (χ4v) is 3.52. The predicted molar refractivity (Wildman–Crippen MR) is 92.8 cm³/mol. The fraction of sp³-hybridized carbons (Fsp3) is 0.647. The minimum Gasteiger partial charge on any atom is -0.395 e. The van der Waals surface area contributed by atoms with Crippen LogP contribution in [0.4, 0.5) is 5.69 Å². The van der Waals surface area contributed by atoms with Crippen LogP contribution in [0.25, 0.3) is 0 Å². The Morgan fingerprint density at radius 3 is 2.67 bits per heavy atom. The van der Waals surface area contributed by atoms with E-state index in [1.165, 1.54) is 36.9 Å². The van der Waals surface area contributed by atoms with E-state index < -0.39 is 0 Å². The lowest BCUT2D eigenvalue weighted by Crippen LogP contribution is -2.37. The number of hydrogen-bond acceptors (Lipinski definition) is 3. The van der Waals surface area contributed by atoms with Crippen LogP contribution in [-0.4, -0.2) is 30.3 Å². The first-order valence-corrected chi connectivity index (χ1v) is 8.80. The van der Waals surface area contributed by atoms with Crippen molar-refractivity contribution in [2.45, 2.75) is 58.2 Å². The third kappa shape index (κ3) is 4.70. The maximum atomic E-state index is 9.46. The summed E-state index contributed by atoms with van der Waals surface area (Å²) in [5.41, 5.74) is 2.57. The van der Waals surface area contributed by atoms with Gasteiger partial charge in [0.2, 0.25) is 0 Å². The topological polar surface area (TPSA) is 35.5 Å². The monoisotopic (exact) mass is 354 g/mol. The first-order chi connectivity index (χ1) is 10.1. The molecule has 0 aromatic heterocycles. The van der Waals surface area contributed by atoms with Gasteiger partial charge in [-0.1, -0.05) is 42.6 Å². The van der Waals surface area contributed by atoms with Gasteiger partial charge in [-0.2, -0.15) is 0 Å². The predicted octanol–water partition coefficient (Wildman–Crippen LogP) is 3.69. The molecule has 0 bridgehead atoms. The molecule has 0 spiro atoms. The molecule has 3 nitrogen and oxygen atoms in total. The first-order valence-electron chi connectivity index (χ1n) is 8.01. The molecule has 0 amide bonds. The van der Waals surface area contributed by atoms with E-state index >= 15 is 0 Å². The van der Waals surface area contributed by atoms with Gasteiger partial charge in [0, 0.05) is 35.3 Å². The van der Waals surface area contributed by atoms with E-state index in [1.807, 2.05) is 0 Å². The van der Waals surface area contributed by atoms with Gasteiger partial charge in [0.25, 0.3) is 0 Å². The van der Waals surface area contributed by atoms with Crippen molar-refractivity contribution >= 4 is 21.6 Å². The molecule has 2 N–H and O–H groups in total. The number of benzene rings is 1.